The van der Waals surface area contributed by atoms with Gasteiger partial charge in [0.25, 0.3) is 5.91 Å². The summed E-state index contributed by atoms with van der Waals surface area (Å²) < 4.78 is 43.3. The molecule has 2 aromatic carbocycles. The van der Waals surface area contributed by atoms with E-state index in [4.69, 9.17) is 4.74 Å². The summed E-state index contributed by atoms with van der Waals surface area (Å²) in [5.41, 5.74) is 2.83. The minimum Gasteiger partial charge on any atom is -0.484 e. The van der Waals surface area contributed by atoms with Crippen LogP contribution in [0.2, 0.25) is 0 Å². The number of carbonyl (C=O) groups is 1. The van der Waals surface area contributed by atoms with Crippen molar-refractivity contribution in [3.63, 3.8) is 0 Å². The molecule has 0 unspecified atom stereocenters. The number of nitrogens with zero attached hydrogens (tertiary/aromatic N) is 1. The molecule has 0 fully saturated rings. The highest BCUT2D eigenvalue weighted by Gasteiger charge is 2.30. The second kappa shape index (κ2) is 8.24. The molecule has 1 N–H and O–H groups in total. The molecule has 144 valence electrons. The standard InChI is InChI=1S/C20H21F3N2O2/c1-19(2,3)15-7-9-17(10-8-15)27-13-18(26)25-24-12-14-5-4-6-16(11-14)20(21,22)23/h4-12H,13H2,1-3H3,(H,25,26). The van der Waals surface area contributed by atoms with Crippen molar-refractivity contribution in [2.45, 2.75) is 32.4 Å². The Morgan fingerprint density at radius 1 is 1.07 bits per heavy atom. The van der Waals surface area contributed by atoms with E-state index in [0.717, 1.165) is 23.9 Å². The molecule has 0 atom stereocenters. The second-order valence-corrected chi connectivity index (χ2v) is 6.98. The third kappa shape index (κ3) is 6.44. The summed E-state index contributed by atoms with van der Waals surface area (Å²) in [5.74, 6) is 0.0260. The largest absolute Gasteiger partial charge is 0.484 e. The zero-order valence-electron chi connectivity index (χ0n) is 15.3. The quantitative estimate of drug-likeness (QED) is 0.614. The number of halogens is 3. The van der Waals surface area contributed by atoms with Gasteiger partial charge in [0, 0.05) is 0 Å². The van der Waals surface area contributed by atoms with Crippen LogP contribution in [0.3, 0.4) is 0 Å². The summed E-state index contributed by atoms with van der Waals surface area (Å²) >= 11 is 0. The minimum atomic E-state index is -4.43. The monoisotopic (exact) mass is 378 g/mol. The van der Waals surface area contributed by atoms with Gasteiger partial charge in [-0.2, -0.15) is 18.3 Å². The maximum absolute atomic E-state index is 12.6. The first-order valence-corrected chi connectivity index (χ1v) is 8.28. The molecule has 0 saturated carbocycles. The number of amides is 1. The predicted octanol–water partition coefficient (Wildman–Crippen LogP) is 4.53. The lowest BCUT2D eigenvalue weighted by Crippen LogP contribution is -2.24. The molecule has 0 heterocycles. The Balaban J connectivity index is 1.85. The van der Waals surface area contributed by atoms with E-state index in [1.54, 1.807) is 12.1 Å². The fraction of sp³-hybridized carbons (Fsp3) is 0.300. The SMILES string of the molecule is CC(C)(C)c1ccc(OCC(=O)NN=Cc2cccc(C(F)(F)F)c2)cc1. The average Bonchev–Trinajstić information content (AvgIpc) is 2.59. The van der Waals surface area contributed by atoms with Gasteiger partial charge >= 0.3 is 6.18 Å². The number of rotatable bonds is 5. The van der Waals surface area contributed by atoms with Crippen molar-refractivity contribution in [2.75, 3.05) is 6.61 Å². The lowest BCUT2D eigenvalue weighted by atomic mass is 9.87. The lowest BCUT2D eigenvalue weighted by molar-refractivity contribution is -0.137. The van der Waals surface area contributed by atoms with Gasteiger partial charge < -0.3 is 4.74 Å². The first kappa shape index (κ1) is 20.5. The van der Waals surface area contributed by atoms with E-state index in [2.05, 4.69) is 31.3 Å². The Morgan fingerprint density at radius 2 is 1.74 bits per heavy atom. The third-order valence-corrected chi connectivity index (χ3v) is 3.71. The number of carbonyl (C=O) groups excluding carboxylic acids is 1. The minimum absolute atomic E-state index is 0.0219. The van der Waals surface area contributed by atoms with Crippen molar-refractivity contribution < 1.29 is 22.7 Å². The third-order valence-electron chi connectivity index (χ3n) is 3.71. The molecular formula is C20H21F3N2O2. The molecule has 2 aromatic rings. The van der Waals surface area contributed by atoms with Crippen LogP contribution in [0, 0.1) is 0 Å². The number of ether oxygens (including phenoxy) is 1. The molecule has 0 saturated heterocycles. The van der Waals surface area contributed by atoms with Gasteiger partial charge in [0.2, 0.25) is 0 Å². The van der Waals surface area contributed by atoms with E-state index >= 15 is 0 Å². The lowest BCUT2D eigenvalue weighted by Gasteiger charge is -2.19. The van der Waals surface area contributed by atoms with Crippen LogP contribution in [-0.2, 0) is 16.4 Å². The fourth-order valence-electron chi connectivity index (χ4n) is 2.21. The van der Waals surface area contributed by atoms with Crippen molar-refractivity contribution in [1.82, 2.24) is 5.43 Å². The van der Waals surface area contributed by atoms with Crippen molar-refractivity contribution in [1.29, 1.82) is 0 Å². The Bertz CT molecular complexity index is 807. The summed E-state index contributed by atoms with van der Waals surface area (Å²) in [6.45, 7) is 6.03. The molecule has 4 nitrogen and oxygen atoms in total. The first-order chi connectivity index (χ1) is 12.6. The maximum Gasteiger partial charge on any atom is 0.416 e. The zero-order valence-corrected chi connectivity index (χ0v) is 15.3. The van der Waals surface area contributed by atoms with Crippen LogP contribution in [0.25, 0.3) is 0 Å². The summed E-state index contributed by atoms with van der Waals surface area (Å²) in [5, 5.41) is 3.65. The van der Waals surface area contributed by atoms with Gasteiger partial charge in [-0.05, 0) is 40.8 Å². The predicted molar refractivity (Wildman–Crippen MR) is 97.8 cm³/mol. The summed E-state index contributed by atoms with van der Waals surface area (Å²) in [6, 6.07) is 12.1. The molecule has 1 amide bonds. The van der Waals surface area contributed by atoms with Gasteiger partial charge in [-0.15, -0.1) is 0 Å². The molecular weight excluding hydrogens is 357 g/mol. The highest BCUT2D eigenvalue weighted by Crippen LogP contribution is 2.29. The second-order valence-electron chi connectivity index (χ2n) is 6.98. The number of hydrogen-bond donors (Lipinski definition) is 1. The van der Waals surface area contributed by atoms with E-state index in [-0.39, 0.29) is 17.6 Å². The van der Waals surface area contributed by atoms with E-state index in [9.17, 15) is 18.0 Å². The average molecular weight is 378 g/mol. The highest BCUT2D eigenvalue weighted by molar-refractivity contribution is 5.83. The summed E-state index contributed by atoms with van der Waals surface area (Å²) in [7, 11) is 0. The molecule has 7 heteroatoms. The normalized spacial score (nSPS) is 12.2. The van der Waals surface area contributed by atoms with E-state index in [1.807, 2.05) is 12.1 Å². The molecule has 0 radical (unpaired) electrons. The molecule has 0 aliphatic heterocycles. The van der Waals surface area contributed by atoms with Crippen LogP contribution in [0.15, 0.2) is 53.6 Å². The Hall–Kier alpha value is -2.83. The Morgan fingerprint density at radius 3 is 2.33 bits per heavy atom. The fourth-order valence-corrected chi connectivity index (χ4v) is 2.21. The van der Waals surface area contributed by atoms with Crippen LogP contribution >= 0.6 is 0 Å². The van der Waals surface area contributed by atoms with Gasteiger partial charge in [-0.3, -0.25) is 4.79 Å². The van der Waals surface area contributed by atoms with E-state index in [1.165, 1.54) is 12.1 Å². The van der Waals surface area contributed by atoms with E-state index < -0.39 is 17.6 Å². The van der Waals surface area contributed by atoms with Crippen LogP contribution in [-0.4, -0.2) is 18.7 Å². The van der Waals surface area contributed by atoms with Crippen molar-refractivity contribution in [3.8, 4) is 5.75 Å². The van der Waals surface area contributed by atoms with Crippen molar-refractivity contribution >= 4 is 12.1 Å². The van der Waals surface area contributed by atoms with Crippen molar-refractivity contribution in [3.05, 3.63) is 65.2 Å². The molecule has 27 heavy (non-hydrogen) atoms. The number of hydrogen-bond acceptors (Lipinski definition) is 3. The maximum atomic E-state index is 12.6. The van der Waals surface area contributed by atoms with Crippen LogP contribution in [0.4, 0.5) is 13.2 Å². The summed E-state index contributed by atoms with van der Waals surface area (Å²) in [4.78, 5) is 11.7. The number of nitrogens with one attached hydrogen (secondary N) is 1. The van der Waals surface area contributed by atoms with Gasteiger partial charge in [0.1, 0.15) is 5.75 Å². The topological polar surface area (TPSA) is 50.7 Å². The van der Waals surface area contributed by atoms with Crippen LogP contribution in [0.1, 0.15) is 37.5 Å². The number of benzene rings is 2. The zero-order chi connectivity index (χ0) is 20.1. The highest BCUT2D eigenvalue weighted by atomic mass is 19.4. The molecule has 0 bridgehead atoms. The van der Waals surface area contributed by atoms with Crippen LogP contribution in [0.5, 0.6) is 5.75 Å². The smallest absolute Gasteiger partial charge is 0.416 e. The van der Waals surface area contributed by atoms with Crippen LogP contribution < -0.4 is 10.2 Å². The molecule has 0 aliphatic rings. The number of hydrazone groups is 1. The molecule has 0 aliphatic carbocycles. The van der Waals surface area contributed by atoms with E-state index in [0.29, 0.717) is 5.75 Å². The molecule has 2 rings (SSSR count). The van der Waals surface area contributed by atoms with Crippen molar-refractivity contribution in [2.24, 2.45) is 5.10 Å². The van der Waals surface area contributed by atoms with Gasteiger partial charge in [0.05, 0.1) is 11.8 Å². The van der Waals surface area contributed by atoms with Gasteiger partial charge in [-0.25, -0.2) is 5.43 Å². The Labute approximate surface area is 156 Å². The van der Waals surface area contributed by atoms with Gasteiger partial charge in [0.15, 0.2) is 6.61 Å². The molecule has 0 spiro atoms. The number of alkyl halides is 3. The molecule has 0 aromatic heterocycles. The Kier molecular flexibility index (Phi) is 6.25. The summed E-state index contributed by atoms with van der Waals surface area (Å²) in [6.07, 6.45) is -3.28. The first-order valence-electron chi connectivity index (χ1n) is 8.28. The van der Waals surface area contributed by atoms with Gasteiger partial charge in [-0.1, -0.05) is 45.0 Å².